The van der Waals surface area contributed by atoms with Gasteiger partial charge in [-0.05, 0) is 77.0 Å². The first-order valence-electron chi connectivity index (χ1n) is 17.1. The first kappa shape index (κ1) is 44.1. The smallest absolute Gasteiger partial charge is 1.00 e. The van der Waals surface area contributed by atoms with Gasteiger partial charge in [0.15, 0.2) is 0 Å². The van der Waals surface area contributed by atoms with Crippen molar-refractivity contribution in [3.05, 3.63) is 86.1 Å². The summed E-state index contributed by atoms with van der Waals surface area (Å²) >= 11 is 0. The summed E-state index contributed by atoms with van der Waals surface area (Å²) in [6.45, 7) is 0. The molecule has 0 spiro atoms. The number of allylic oxidation sites excluding steroid dienone is 12. The van der Waals surface area contributed by atoms with Crippen molar-refractivity contribution in [1.82, 2.24) is 0 Å². The molecule has 0 saturated carbocycles. The van der Waals surface area contributed by atoms with Gasteiger partial charge in [-0.3, -0.25) is 0 Å². The molecule has 9 rings (SSSR count). The molecule has 9 aliphatic rings. The Morgan fingerprint density at radius 3 is 0.822 bits per heavy atom. The normalized spacial score (nSPS) is 23.5. The molecule has 0 fully saturated rings. The molecule has 0 N–H and O–H groups in total. The standard InChI is InChI=1S/3C13H17.3ClH.3Ti/c3*1-3-7-12-10(5-1)9-11-6-2-4-8-13(11)12;;;;;;/h3*5H,1-4,6-9H2;3*1H;;;/q3*-1;;;;3*+2/p-3. The first-order valence-corrected chi connectivity index (χ1v) is 17.1. The van der Waals surface area contributed by atoms with Gasteiger partial charge in [0.05, 0.1) is 0 Å². The van der Waals surface area contributed by atoms with Crippen LogP contribution in [-0.2, 0) is 65.2 Å². The largest absolute Gasteiger partial charge is 2.00 e. The molecule has 6 heteroatoms. The molecule has 0 saturated heterocycles. The van der Waals surface area contributed by atoms with E-state index in [0.717, 1.165) is 0 Å². The van der Waals surface area contributed by atoms with Gasteiger partial charge in [-0.1, -0.05) is 74.5 Å². The Morgan fingerprint density at radius 2 is 0.533 bits per heavy atom. The van der Waals surface area contributed by atoms with Crippen molar-refractivity contribution >= 4 is 0 Å². The molecular formula is C39H51Cl3Ti3. The van der Waals surface area contributed by atoms with E-state index in [2.05, 4.69) is 19.3 Å². The van der Waals surface area contributed by atoms with Crippen LogP contribution in [0.1, 0.15) is 154 Å². The molecule has 240 valence electrons. The van der Waals surface area contributed by atoms with Crippen LogP contribution in [0.25, 0.3) is 0 Å². The maximum atomic E-state index is 2.50. The molecule has 0 aliphatic heterocycles. The number of halogens is 3. The minimum absolute atomic E-state index is 0. The molecule has 0 aromatic heterocycles. The molecule has 45 heavy (non-hydrogen) atoms. The Hall–Kier alpha value is 1.06. The minimum atomic E-state index is 0. The van der Waals surface area contributed by atoms with E-state index in [4.69, 9.17) is 0 Å². The van der Waals surface area contributed by atoms with Gasteiger partial charge in [0.1, 0.15) is 0 Å². The summed E-state index contributed by atoms with van der Waals surface area (Å²) in [5, 5.41) is 0. The first-order chi connectivity index (χ1) is 19.3. The van der Waals surface area contributed by atoms with Gasteiger partial charge in [0.25, 0.3) is 0 Å². The fraction of sp³-hybridized carbons (Fsp3) is 0.615. The van der Waals surface area contributed by atoms with Crippen molar-refractivity contribution in [2.45, 2.75) is 154 Å². The predicted octanol–water partition coefficient (Wildman–Crippen LogP) is 2.84. The maximum Gasteiger partial charge on any atom is 2.00 e. The van der Waals surface area contributed by atoms with Crippen LogP contribution in [0.5, 0.6) is 0 Å². The fourth-order valence-corrected chi connectivity index (χ4v) is 9.36. The van der Waals surface area contributed by atoms with Crippen LogP contribution in [0.3, 0.4) is 0 Å². The van der Waals surface area contributed by atoms with Crippen LogP contribution in [0.2, 0.25) is 0 Å². The topological polar surface area (TPSA) is 0 Å². The van der Waals surface area contributed by atoms with Crippen LogP contribution in [0, 0.1) is 19.3 Å². The third-order valence-electron chi connectivity index (χ3n) is 11.3. The summed E-state index contributed by atoms with van der Waals surface area (Å²) in [4.78, 5) is 0. The van der Waals surface area contributed by atoms with Crippen LogP contribution in [0.4, 0.5) is 0 Å². The zero-order valence-electron chi connectivity index (χ0n) is 27.3. The van der Waals surface area contributed by atoms with E-state index in [1.54, 1.807) is 66.9 Å². The second-order valence-electron chi connectivity index (χ2n) is 13.7. The Balaban J connectivity index is 0.000000316. The maximum absolute atomic E-state index is 2.50. The molecule has 0 bridgehead atoms. The van der Waals surface area contributed by atoms with Gasteiger partial charge in [0, 0.05) is 0 Å². The predicted molar refractivity (Wildman–Crippen MR) is 166 cm³/mol. The summed E-state index contributed by atoms with van der Waals surface area (Å²) in [5.41, 5.74) is 21.2. The van der Waals surface area contributed by atoms with E-state index in [-0.39, 0.29) is 102 Å². The van der Waals surface area contributed by atoms with Crippen molar-refractivity contribution in [3.8, 4) is 0 Å². The second kappa shape index (κ2) is 21.3. The molecule has 0 aromatic carbocycles. The van der Waals surface area contributed by atoms with Gasteiger partial charge < -0.3 is 37.2 Å². The van der Waals surface area contributed by atoms with Gasteiger partial charge in [-0.2, -0.15) is 16.7 Å². The van der Waals surface area contributed by atoms with Crippen molar-refractivity contribution in [3.63, 3.8) is 0 Å². The monoisotopic (exact) mass is 768 g/mol. The van der Waals surface area contributed by atoms with Gasteiger partial charge >= 0.3 is 65.2 Å². The fourth-order valence-electron chi connectivity index (χ4n) is 9.36. The molecule has 0 aromatic rings. The average molecular weight is 770 g/mol. The molecule has 9 aliphatic carbocycles. The SMILES string of the molecule is [CH-]1CCCC2=C1CC1=C2CCCC1.[CH-]1CCCC2=C1CC1=C2CCCC1.[CH-]1CCCC2=C1CC1=C2CCCC1.[Cl-].[Cl-].[Cl-].[Ti+2].[Ti+2].[Ti+2]. The Bertz CT molecular complexity index is 962. The number of fused-ring (bicyclic) bond motifs is 3. The van der Waals surface area contributed by atoms with Crippen molar-refractivity contribution in [1.29, 1.82) is 0 Å². The molecule has 0 nitrogen and oxygen atoms in total. The van der Waals surface area contributed by atoms with E-state index < -0.39 is 0 Å². The molecule has 0 radical (unpaired) electrons. The summed E-state index contributed by atoms with van der Waals surface area (Å²) < 4.78 is 0. The van der Waals surface area contributed by atoms with Gasteiger partial charge in [0.2, 0.25) is 0 Å². The second-order valence-corrected chi connectivity index (χ2v) is 13.7. The Labute approximate surface area is 339 Å². The third-order valence-corrected chi connectivity index (χ3v) is 11.3. The molecule has 0 amide bonds. The third kappa shape index (κ3) is 10.1. The van der Waals surface area contributed by atoms with E-state index in [9.17, 15) is 0 Å². The Kier molecular flexibility index (Phi) is 20.9. The van der Waals surface area contributed by atoms with Crippen molar-refractivity contribution < 1.29 is 102 Å². The summed E-state index contributed by atoms with van der Waals surface area (Å²) in [6, 6.07) is 0. The molecular weight excluding hydrogens is 718 g/mol. The minimum Gasteiger partial charge on any atom is -1.00 e. The quantitative estimate of drug-likeness (QED) is 0.263. The zero-order valence-corrected chi connectivity index (χ0v) is 34.3. The molecule has 0 atom stereocenters. The number of rotatable bonds is 0. The van der Waals surface area contributed by atoms with Crippen LogP contribution >= 0.6 is 0 Å². The van der Waals surface area contributed by atoms with E-state index in [0.29, 0.717) is 0 Å². The Morgan fingerprint density at radius 1 is 0.289 bits per heavy atom. The number of hydrogen-bond acceptors (Lipinski definition) is 0. The van der Waals surface area contributed by atoms with E-state index in [1.807, 2.05) is 0 Å². The average Bonchev–Trinajstić information content (AvgIpc) is 3.69. The van der Waals surface area contributed by atoms with Crippen LogP contribution < -0.4 is 37.2 Å². The van der Waals surface area contributed by atoms with E-state index in [1.165, 1.54) is 154 Å². The number of hydrogen-bond donors (Lipinski definition) is 0. The van der Waals surface area contributed by atoms with Crippen molar-refractivity contribution in [2.24, 2.45) is 0 Å². The summed E-state index contributed by atoms with van der Waals surface area (Å²) in [5.74, 6) is 0. The zero-order chi connectivity index (χ0) is 26.0. The van der Waals surface area contributed by atoms with Crippen LogP contribution in [-0.4, -0.2) is 0 Å². The van der Waals surface area contributed by atoms with Crippen LogP contribution in [0.15, 0.2) is 66.9 Å². The molecule has 0 unspecified atom stereocenters. The summed E-state index contributed by atoms with van der Waals surface area (Å²) in [6.07, 6.45) is 40.8. The van der Waals surface area contributed by atoms with Gasteiger partial charge in [-0.25, -0.2) is 36.0 Å². The molecule has 0 heterocycles. The van der Waals surface area contributed by atoms with Crippen molar-refractivity contribution in [2.75, 3.05) is 0 Å². The summed E-state index contributed by atoms with van der Waals surface area (Å²) in [7, 11) is 0. The van der Waals surface area contributed by atoms with Gasteiger partial charge in [-0.15, -0.1) is 36.0 Å². The van der Waals surface area contributed by atoms with E-state index >= 15 is 0 Å².